The Bertz CT molecular complexity index is 186. The van der Waals surface area contributed by atoms with Gasteiger partial charge in [0.2, 0.25) is 6.08 Å². The molecule has 0 saturated heterocycles. The summed E-state index contributed by atoms with van der Waals surface area (Å²) in [6.07, 6.45) is 7.59. The molecular weight excluding hydrogens is 150 g/mol. The highest BCUT2D eigenvalue weighted by molar-refractivity contribution is 5.35. The van der Waals surface area contributed by atoms with Crippen molar-refractivity contribution >= 4 is 6.08 Å². The zero-order chi connectivity index (χ0) is 9.03. The van der Waals surface area contributed by atoms with Gasteiger partial charge in [-0.1, -0.05) is 33.1 Å². The molecule has 0 spiro atoms. The van der Waals surface area contributed by atoms with E-state index in [1.807, 2.05) is 0 Å². The van der Waals surface area contributed by atoms with Gasteiger partial charge in [0, 0.05) is 0 Å². The van der Waals surface area contributed by atoms with Crippen molar-refractivity contribution < 1.29 is 4.79 Å². The Morgan fingerprint density at radius 2 is 1.83 bits per heavy atom. The van der Waals surface area contributed by atoms with Crippen LogP contribution in [-0.2, 0) is 4.79 Å². The van der Waals surface area contributed by atoms with E-state index >= 15 is 0 Å². The average molecular weight is 167 g/mol. The van der Waals surface area contributed by atoms with Gasteiger partial charge in [0.15, 0.2) is 0 Å². The summed E-state index contributed by atoms with van der Waals surface area (Å²) in [5.74, 6) is 0.472. The van der Waals surface area contributed by atoms with Crippen molar-refractivity contribution in [2.45, 2.75) is 51.5 Å². The molecule has 1 aliphatic carbocycles. The van der Waals surface area contributed by atoms with Crippen LogP contribution in [0.15, 0.2) is 4.99 Å². The minimum absolute atomic E-state index is 0.0694. The highest BCUT2D eigenvalue weighted by Crippen LogP contribution is 2.37. The minimum Gasteiger partial charge on any atom is -0.211 e. The fourth-order valence-corrected chi connectivity index (χ4v) is 2.07. The number of hydrogen-bond donors (Lipinski definition) is 0. The third-order valence-electron chi connectivity index (χ3n) is 3.06. The first-order chi connectivity index (χ1) is 5.71. The van der Waals surface area contributed by atoms with E-state index in [4.69, 9.17) is 0 Å². The summed E-state index contributed by atoms with van der Waals surface area (Å²) in [7, 11) is 0. The monoisotopic (exact) mass is 167 g/mol. The zero-order valence-electron chi connectivity index (χ0n) is 7.97. The number of carbonyl (C=O) groups excluding carboxylic acids is 1. The molecule has 0 atom stereocenters. The predicted molar refractivity (Wildman–Crippen MR) is 48.8 cm³/mol. The van der Waals surface area contributed by atoms with Crippen molar-refractivity contribution in [2.24, 2.45) is 10.9 Å². The Kier molecular flexibility index (Phi) is 3.05. The van der Waals surface area contributed by atoms with Gasteiger partial charge in [-0.25, -0.2) is 4.79 Å². The lowest BCUT2D eigenvalue weighted by molar-refractivity contribution is 0.224. The molecule has 0 bridgehead atoms. The van der Waals surface area contributed by atoms with Gasteiger partial charge in [0.05, 0.1) is 5.54 Å². The first-order valence-electron chi connectivity index (χ1n) is 4.80. The molecule has 1 saturated carbocycles. The number of rotatable bonds is 2. The Morgan fingerprint density at radius 1 is 1.25 bits per heavy atom. The highest BCUT2D eigenvalue weighted by Gasteiger charge is 2.34. The van der Waals surface area contributed by atoms with Crippen LogP contribution >= 0.6 is 0 Å². The number of hydrogen-bond acceptors (Lipinski definition) is 2. The predicted octanol–water partition coefficient (Wildman–Crippen LogP) is 2.68. The van der Waals surface area contributed by atoms with Gasteiger partial charge in [0.1, 0.15) is 0 Å². The van der Waals surface area contributed by atoms with Crippen LogP contribution in [0.2, 0.25) is 0 Å². The molecule has 0 unspecified atom stereocenters. The van der Waals surface area contributed by atoms with Crippen molar-refractivity contribution in [2.75, 3.05) is 0 Å². The van der Waals surface area contributed by atoms with Crippen LogP contribution in [0.4, 0.5) is 0 Å². The van der Waals surface area contributed by atoms with E-state index in [0.717, 1.165) is 12.8 Å². The molecule has 0 heterocycles. The second-order valence-electron chi connectivity index (χ2n) is 4.02. The second kappa shape index (κ2) is 3.86. The summed E-state index contributed by atoms with van der Waals surface area (Å²) < 4.78 is 0. The third kappa shape index (κ3) is 1.75. The van der Waals surface area contributed by atoms with Gasteiger partial charge in [0.25, 0.3) is 0 Å². The van der Waals surface area contributed by atoms with Crippen molar-refractivity contribution in [1.29, 1.82) is 0 Å². The largest absolute Gasteiger partial charge is 0.235 e. The summed E-state index contributed by atoms with van der Waals surface area (Å²) >= 11 is 0. The molecule has 2 heteroatoms. The van der Waals surface area contributed by atoms with Crippen LogP contribution in [0.3, 0.4) is 0 Å². The summed E-state index contributed by atoms with van der Waals surface area (Å²) in [5.41, 5.74) is -0.0694. The third-order valence-corrected chi connectivity index (χ3v) is 3.06. The molecule has 0 aliphatic heterocycles. The first kappa shape index (κ1) is 9.47. The van der Waals surface area contributed by atoms with Gasteiger partial charge in [-0.15, -0.1) is 0 Å². The molecular formula is C10H17NO. The molecule has 0 aromatic rings. The maximum Gasteiger partial charge on any atom is 0.235 e. The highest BCUT2D eigenvalue weighted by atomic mass is 16.1. The van der Waals surface area contributed by atoms with Gasteiger partial charge < -0.3 is 0 Å². The number of aliphatic imine (C=N–C) groups is 1. The van der Waals surface area contributed by atoms with Gasteiger partial charge in [-0.05, 0) is 18.8 Å². The normalized spacial score (nSPS) is 21.9. The fraction of sp³-hybridized carbons (Fsp3) is 0.900. The summed E-state index contributed by atoms with van der Waals surface area (Å²) in [5, 5.41) is 0. The minimum atomic E-state index is -0.0694. The van der Waals surface area contributed by atoms with Gasteiger partial charge >= 0.3 is 0 Å². The summed E-state index contributed by atoms with van der Waals surface area (Å²) in [4.78, 5) is 14.3. The Labute approximate surface area is 74.1 Å². The maximum atomic E-state index is 10.3. The van der Waals surface area contributed by atoms with Crippen molar-refractivity contribution in [1.82, 2.24) is 0 Å². The van der Waals surface area contributed by atoms with Crippen molar-refractivity contribution in [3.63, 3.8) is 0 Å². The van der Waals surface area contributed by atoms with Gasteiger partial charge in [-0.2, -0.15) is 4.99 Å². The van der Waals surface area contributed by atoms with Crippen LogP contribution in [0.25, 0.3) is 0 Å². The molecule has 68 valence electrons. The summed E-state index contributed by atoms with van der Waals surface area (Å²) in [6, 6.07) is 0. The van der Waals surface area contributed by atoms with Crippen LogP contribution < -0.4 is 0 Å². The molecule has 12 heavy (non-hydrogen) atoms. The molecule has 0 aromatic heterocycles. The maximum absolute atomic E-state index is 10.3. The molecule has 2 nitrogen and oxygen atoms in total. The van der Waals surface area contributed by atoms with E-state index in [9.17, 15) is 4.79 Å². The smallest absolute Gasteiger partial charge is 0.211 e. The molecule has 0 amide bonds. The lowest BCUT2D eigenvalue weighted by atomic mass is 9.75. The molecule has 1 aliphatic rings. The van der Waals surface area contributed by atoms with Crippen LogP contribution in [0.5, 0.6) is 0 Å². The van der Waals surface area contributed by atoms with E-state index in [1.54, 1.807) is 6.08 Å². The Hall–Kier alpha value is -0.620. The van der Waals surface area contributed by atoms with Crippen LogP contribution in [0, 0.1) is 5.92 Å². The quantitative estimate of drug-likeness (QED) is 0.459. The number of isocyanates is 1. The second-order valence-corrected chi connectivity index (χ2v) is 4.02. The van der Waals surface area contributed by atoms with Crippen LogP contribution in [-0.4, -0.2) is 11.6 Å². The first-order valence-corrected chi connectivity index (χ1v) is 4.80. The van der Waals surface area contributed by atoms with Crippen molar-refractivity contribution in [3.05, 3.63) is 0 Å². The standard InChI is InChI=1S/C10H17NO/c1-9(2)10(11-8-12)6-4-3-5-7-10/h9H,3-7H2,1-2H3. The van der Waals surface area contributed by atoms with E-state index < -0.39 is 0 Å². The zero-order valence-corrected chi connectivity index (χ0v) is 7.97. The summed E-state index contributed by atoms with van der Waals surface area (Å²) in [6.45, 7) is 4.29. The topological polar surface area (TPSA) is 29.4 Å². The Balaban J connectivity index is 2.76. The van der Waals surface area contributed by atoms with E-state index in [1.165, 1.54) is 19.3 Å². The van der Waals surface area contributed by atoms with Crippen molar-refractivity contribution in [3.8, 4) is 0 Å². The number of nitrogens with zero attached hydrogens (tertiary/aromatic N) is 1. The van der Waals surface area contributed by atoms with E-state index in [2.05, 4.69) is 18.8 Å². The average Bonchev–Trinajstić information content (AvgIpc) is 2.06. The Morgan fingerprint density at radius 3 is 2.25 bits per heavy atom. The molecule has 0 N–H and O–H groups in total. The molecule has 0 aromatic carbocycles. The van der Waals surface area contributed by atoms with E-state index in [-0.39, 0.29) is 5.54 Å². The van der Waals surface area contributed by atoms with Crippen LogP contribution in [0.1, 0.15) is 46.0 Å². The van der Waals surface area contributed by atoms with E-state index in [0.29, 0.717) is 5.92 Å². The molecule has 1 fully saturated rings. The van der Waals surface area contributed by atoms with Gasteiger partial charge in [-0.3, -0.25) is 0 Å². The lowest BCUT2D eigenvalue weighted by Gasteiger charge is -2.35. The SMILES string of the molecule is CC(C)C1(N=C=O)CCCCC1. The lowest BCUT2D eigenvalue weighted by Crippen LogP contribution is -2.35. The molecule has 1 rings (SSSR count). The molecule has 0 radical (unpaired) electrons. The fourth-order valence-electron chi connectivity index (χ4n) is 2.07.